The van der Waals surface area contributed by atoms with Crippen molar-refractivity contribution in [2.24, 2.45) is 0 Å². The molecule has 0 heterocycles. The summed E-state index contributed by atoms with van der Waals surface area (Å²) in [5.41, 5.74) is 3.15. The normalized spacial score (nSPS) is 15.4. The Labute approximate surface area is 301 Å². The predicted molar refractivity (Wildman–Crippen MR) is 204 cm³/mol. The maximum absolute atomic E-state index is 12.2. The first-order chi connectivity index (χ1) is 23.1. The molecule has 0 fully saturated rings. The molecule has 0 spiro atoms. The number of rotatable bonds is 14. The first-order valence-corrected chi connectivity index (χ1v) is 18.1. The Morgan fingerprint density at radius 1 is 0.792 bits per heavy atom. The molecule has 11 heteroatoms. The van der Waals surface area contributed by atoms with Crippen molar-refractivity contribution in [1.82, 2.24) is 25.8 Å². The van der Waals surface area contributed by atoms with Gasteiger partial charge in [0.1, 0.15) is 0 Å². The van der Waals surface area contributed by atoms with Crippen molar-refractivity contribution in [1.29, 1.82) is 0 Å². The maximum Gasteiger partial charge on any atom is 0.319 e. The molecule has 2 unspecified atom stereocenters. The van der Waals surface area contributed by atoms with Gasteiger partial charge < -0.3 is 31.1 Å². The lowest BCUT2D eigenvalue weighted by Gasteiger charge is -2.30. The molecule has 0 bridgehead atoms. The van der Waals surface area contributed by atoms with E-state index in [9.17, 15) is 9.59 Å². The smallest absolute Gasteiger partial charge is 0.319 e. The summed E-state index contributed by atoms with van der Waals surface area (Å²) in [7, 11) is 8.10. The van der Waals surface area contributed by atoms with E-state index in [-0.39, 0.29) is 24.0 Å². The standard InChI is InChI=1S/C19H25N3OS.C18H25Cl2N3O/c1-22(2)14-8-13-20-19(23)21-17-11-6-7-12-18(17)24-15-16-9-4-3-5-10-16;1-23(2)11-5-10-21-18(24)22-17-7-4-3-6-15(17)14-9-8-13(19)12-16(14)20/h3-7,9-12H,8,13-15H2,1-2H3,(H2,20,21,23);3-4,8-9,12,15,17H,5-7,10-11H2,1-2H3,(H2,21,22,24). The van der Waals surface area contributed by atoms with Crippen LogP contribution in [0.1, 0.15) is 42.7 Å². The van der Waals surface area contributed by atoms with E-state index in [0.717, 1.165) is 60.7 Å². The molecule has 0 aliphatic heterocycles. The van der Waals surface area contributed by atoms with E-state index in [1.165, 1.54) is 5.56 Å². The summed E-state index contributed by atoms with van der Waals surface area (Å²) in [6, 6.07) is 23.6. The number of benzene rings is 3. The Balaban J connectivity index is 0.000000260. The summed E-state index contributed by atoms with van der Waals surface area (Å²) < 4.78 is 0. The van der Waals surface area contributed by atoms with Gasteiger partial charge in [0.05, 0.1) is 5.69 Å². The van der Waals surface area contributed by atoms with Crippen molar-refractivity contribution in [2.75, 3.05) is 59.7 Å². The summed E-state index contributed by atoms with van der Waals surface area (Å²) in [5, 5.41) is 13.1. The van der Waals surface area contributed by atoms with E-state index < -0.39 is 0 Å². The van der Waals surface area contributed by atoms with Crippen LogP contribution in [-0.4, -0.2) is 82.3 Å². The topological polar surface area (TPSA) is 88.7 Å². The lowest BCUT2D eigenvalue weighted by Crippen LogP contribution is -2.45. The molecule has 260 valence electrons. The summed E-state index contributed by atoms with van der Waals surface area (Å²) in [6.07, 6.45) is 7.77. The van der Waals surface area contributed by atoms with Crippen molar-refractivity contribution in [3.63, 3.8) is 0 Å². The molecule has 4 N–H and O–H groups in total. The van der Waals surface area contributed by atoms with Gasteiger partial charge in [0.2, 0.25) is 0 Å². The molecule has 2 atom stereocenters. The molecule has 4 rings (SSSR count). The number of carbonyl (C=O) groups is 2. The van der Waals surface area contributed by atoms with Crippen LogP contribution in [0, 0.1) is 0 Å². The molecule has 4 amide bonds. The summed E-state index contributed by atoms with van der Waals surface area (Å²) in [5.74, 6) is 1.04. The quantitative estimate of drug-likeness (QED) is 0.0771. The van der Waals surface area contributed by atoms with Gasteiger partial charge >= 0.3 is 12.1 Å². The van der Waals surface area contributed by atoms with Crippen LogP contribution >= 0.6 is 35.0 Å². The zero-order valence-corrected chi connectivity index (χ0v) is 30.8. The molecule has 0 saturated heterocycles. The van der Waals surface area contributed by atoms with E-state index in [4.69, 9.17) is 23.2 Å². The second-order valence-electron chi connectivity index (χ2n) is 12.2. The Kier molecular flexibility index (Phi) is 17.7. The fraction of sp³-hybridized carbons (Fsp3) is 0.405. The number of carbonyl (C=O) groups excluding carboxylic acids is 2. The van der Waals surface area contributed by atoms with E-state index in [1.807, 2.05) is 82.8 Å². The highest BCUT2D eigenvalue weighted by molar-refractivity contribution is 7.98. The van der Waals surface area contributed by atoms with Crippen LogP contribution in [0.3, 0.4) is 0 Å². The molecular weight excluding hydrogens is 663 g/mol. The van der Waals surface area contributed by atoms with Gasteiger partial charge in [-0.25, -0.2) is 9.59 Å². The molecule has 0 saturated carbocycles. The van der Waals surface area contributed by atoms with Crippen molar-refractivity contribution < 1.29 is 9.59 Å². The van der Waals surface area contributed by atoms with Crippen LogP contribution in [0.15, 0.2) is 89.8 Å². The van der Waals surface area contributed by atoms with E-state index in [2.05, 4.69) is 55.4 Å². The summed E-state index contributed by atoms with van der Waals surface area (Å²) in [6.45, 7) is 3.25. The molecule has 48 heavy (non-hydrogen) atoms. The van der Waals surface area contributed by atoms with E-state index in [0.29, 0.717) is 23.1 Å². The van der Waals surface area contributed by atoms with Crippen molar-refractivity contribution in [3.8, 4) is 0 Å². The van der Waals surface area contributed by atoms with Gasteiger partial charge in [-0.1, -0.05) is 83.9 Å². The van der Waals surface area contributed by atoms with Gasteiger partial charge in [-0.15, -0.1) is 11.8 Å². The van der Waals surface area contributed by atoms with Crippen molar-refractivity contribution in [3.05, 3.63) is 106 Å². The number of hydrogen-bond donors (Lipinski definition) is 4. The van der Waals surface area contributed by atoms with E-state index >= 15 is 0 Å². The minimum atomic E-state index is -0.151. The number of allylic oxidation sites excluding steroid dienone is 1. The number of halogens is 2. The van der Waals surface area contributed by atoms with Gasteiger partial charge in [-0.05, 0) is 102 Å². The van der Waals surface area contributed by atoms with Gasteiger partial charge in [0.15, 0.2) is 0 Å². The first kappa shape index (κ1) is 39.2. The van der Waals surface area contributed by atoms with Gasteiger partial charge in [0, 0.05) is 45.7 Å². The molecule has 0 aromatic heterocycles. The number of thioether (sulfide) groups is 1. The van der Waals surface area contributed by atoms with Gasteiger partial charge in [-0.2, -0.15) is 0 Å². The fourth-order valence-corrected chi connectivity index (χ4v) is 6.64. The second-order valence-corrected chi connectivity index (χ2v) is 14.0. The average molecular weight is 714 g/mol. The average Bonchev–Trinajstić information content (AvgIpc) is 3.06. The zero-order valence-electron chi connectivity index (χ0n) is 28.5. The minimum absolute atomic E-state index is 0.0301. The highest BCUT2D eigenvalue weighted by Crippen LogP contribution is 2.35. The Bertz CT molecular complexity index is 1440. The SMILES string of the molecule is CN(C)CCCNC(=O)NC1CC=CCC1c1ccc(Cl)cc1Cl.CN(C)CCCNC(=O)Nc1ccccc1SCc1ccccc1. The van der Waals surface area contributed by atoms with Crippen LogP contribution in [0.25, 0.3) is 0 Å². The van der Waals surface area contributed by atoms with Crippen LogP contribution in [0.5, 0.6) is 0 Å². The zero-order chi connectivity index (χ0) is 34.7. The number of hydrogen-bond acceptors (Lipinski definition) is 5. The number of amides is 4. The molecular formula is C37H50Cl2N6O2S. The first-order valence-electron chi connectivity index (χ1n) is 16.4. The van der Waals surface area contributed by atoms with Gasteiger partial charge in [0.25, 0.3) is 0 Å². The summed E-state index contributed by atoms with van der Waals surface area (Å²) in [4.78, 5) is 29.5. The Hall–Kier alpha value is -3.21. The maximum atomic E-state index is 12.2. The number of urea groups is 2. The molecule has 3 aromatic rings. The van der Waals surface area contributed by atoms with Gasteiger partial charge in [-0.3, -0.25) is 0 Å². The largest absolute Gasteiger partial charge is 0.338 e. The van der Waals surface area contributed by atoms with Crippen LogP contribution in [0.2, 0.25) is 10.0 Å². The number of nitrogens with zero attached hydrogens (tertiary/aromatic N) is 2. The van der Waals surface area contributed by atoms with E-state index in [1.54, 1.807) is 17.8 Å². The summed E-state index contributed by atoms with van der Waals surface area (Å²) >= 11 is 14.1. The van der Waals surface area contributed by atoms with Crippen molar-refractivity contribution >= 4 is 52.7 Å². The lowest BCUT2D eigenvalue weighted by molar-refractivity contribution is 0.233. The number of nitrogens with one attached hydrogen (secondary N) is 4. The molecule has 0 radical (unpaired) electrons. The third kappa shape index (κ3) is 14.9. The van der Waals surface area contributed by atoms with Crippen LogP contribution < -0.4 is 21.3 Å². The van der Waals surface area contributed by atoms with Crippen LogP contribution in [0.4, 0.5) is 15.3 Å². The molecule has 1 aliphatic rings. The molecule has 1 aliphatic carbocycles. The molecule has 8 nitrogen and oxygen atoms in total. The Morgan fingerprint density at radius 3 is 2.08 bits per heavy atom. The minimum Gasteiger partial charge on any atom is -0.338 e. The lowest BCUT2D eigenvalue weighted by atomic mass is 9.83. The monoisotopic (exact) mass is 712 g/mol. The van der Waals surface area contributed by atoms with Crippen molar-refractivity contribution in [2.45, 2.75) is 48.3 Å². The number of para-hydroxylation sites is 1. The third-order valence-corrected chi connectivity index (χ3v) is 9.33. The Morgan fingerprint density at radius 2 is 1.42 bits per heavy atom. The predicted octanol–water partition coefficient (Wildman–Crippen LogP) is 8.10. The highest BCUT2D eigenvalue weighted by Gasteiger charge is 2.27. The third-order valence-electron chi connectivity index (χ3n) is 7.62. The fourth-order valence-electron chi connectivity index (χ4n) is 5.13. The van der Waals surface area contributed by atoms with Crippen LogP contribution in [-0.2, 0) is 5.75 Å². The number of anilines is 1. The molecule has 3 aromatic carbocycles. The highest BCUT2D eigenvalue weighted by atomic mass is 35.5. The second kappa shape index (κ2) is 21.7.